The molecule has 2 aromatic rings. The molecule has 1 aliphatic heterocycles. The van der Waals surface area contributed by atoms with Gasteiger partial charge in [0, 0.05) is 12.1 Å². The van der Waals surface area contributed by atoms with E-state index in [9.17, 15) is 14.0 Å². The molecule has 2 aromatic carbocycles. The predicted molar refractivity (Wildman–Crippen MR) is 118 cm³/mol. The van der Waals surface area contributed by atoms with E-state index >= 15 is 0 Å². The van der Waals surface area contributed by atoms with E-state index in [1.54, 1.807) is 30.2 Å². The summed E-state index contributed by atoms with van der Waals surface area (Å²) >= 11 is 0. The minimum atomic E-state index is -0.384. The first-order valence-corrected chi connectivity index (χ1v) is 10.9. The molecule has 2 unspecified atom stereocenters. The number of hydrogen-bond acceptors (Lipinski definition) is 4. The normalized spacial score (nSPS) is 21.6. The van der Waals surface area contributed by atoms with Gasteiger partial charge >= 0.3 is 0 Å². The van der Waals surface area contributed by atoms with Gasteiger partial charge in [0.15, 0.2) is 5.76 Å². The number of morpholine rings is 1. The zero-order valence-electron chi connectivity index (χ0n) is 18.1. The lowest BCUT2D eigenvalue weighted by molar-refractivity contribution is -0.151. The Morgan fingerprint density at radius 3 is 2.84 bits per heavy atom. The first-order chi connectivity index (χ1) is 15.5. The number of nitrogens with zero attached hydrogens (tertiary/aromatic N) is 1. The summed E-state index contributed by atoms with van der Waals surface area (Å²) in [7, 11) is 1.59. The van der Waals surface area contributed by atoms with Crippen molar-refractivity contribution in [2.24, 2.45) is 0 Å². The molecule has 6 nitrogen and oxygen atoms in total. The average molecular weight is 438 g/mol. The second-order valence-electron chi connectivity index (χ2n) is 8.09. The molecule has 1 heterocycles. The van der Waals surface area contributed by atoms with Crippen molar-refractivity contribution < 1.29 is 23.5 Å². The van der Waals surface area contributed by atoms with Gasteiger partial charge in [-0.1, -0.05) is 36.8 Å². The highest BCUT2D eigenvalue weighted by molar-refractivity contribution is 5.98. The maximum absolute atomic E-state index is 13.6. The molecule has 1 N–H and O–H groups in total. The minimum Gasteiger partial charge on any atom is -0.496 e. The van der Waals surface area contributed by atoms with Crippen LogP contribution < -0.4 is 10.1 Å². The van der Waals surface area contributed by atoms with Crippen LogP contribution >= 0.6 is 0 Å². The molecule has 2 aliphatic rings. The quantitative estimate of drug-likeness (QED) is 0.699. The molecule has 2 fully saturated rings. The summed E-state index contributed by atoms with van der Waals surface area (Å²) in [5.74, 6) is -0.129. The zero-order valence-corrected chi connectivity index (χ0v) is 18.1. The third-order valence-electron chi connectivity index (χ3n) is 5.95. The lowest BCUT2D eigenvalue weighted by Crippen LogP contribution is -2.57. The van der Waals surface area contributed by atoms with Crippen molar-refractivity contribution in [2.75, 3.05) is 13.7 Å². The monoisotopic (exact) mass is 438 g/mol. The Morgan fingerprint density at radius 2 is 2.03 bits per heavy atom. The Hall–Kier alpha value is -3.35. The zero-order chi connectivity index (χ0) is 22.5. The summed E-state index contributed by atoms with van der Waals surface area (Å²) in [6.07, 6.45) is 5.00. The van der Waals surface area contributed by atoms with Gasteiger partial charge in [-0.2, -0.15) is 0 Å². The summed E-state index contributed by atoms with van der Waals surface area (Å²) in [5.41, 5.74) is 1.40. The molecule has 1 saturated heterocycles. The van der Waals surface area contributed by atoms with E-state index in [0.717, 1.165) is 31.2 Å². The number of hydrogen-bond donors (Lipinski definition) is 1. The second kappa shape index (κ2) is 9.85. The molecule has 7 heteroatoms. The van der Waals surface area contributed by atoms with Crippen LogP contribution in [0.25, 0.3) is 6.08 Å². The molecule has 0 bridgehead atoms. The van der Waals surface area contributed by atoms with E-state index in [4.69, 9.17) is 9.47 Å². The van der Waals surface area contributed by atoms with Crippen molar-refractivity contribution in [1.29, 1.82) is 0 Å². The number of nitrogens with one attached hydrogen (secondary N) is 1. The maximum atomic E-state index is 13.6. The molecule has 32 heavy (non-hydrogen) atoms. The molecule has 0 spiro atoms. The van der Waals surface area contributed by atoms with Crippen molar-refractivity contribution in [3.63, 3.8) is 0 Å². The molecule has 2 atom stereocenters. The molecule has 168 valence electrons. The maximum Gasteiger partial charge on any atom is 0.289 e. The first kappa shape index (κ1) is 21.9. The van der Waals surface area contributed by atoms with Gasteiger partial charge in [-0.25, -0.2) is 4.39 Å². The van der Waals surface area contributed by atoms with Crippen LogP contribution in [0.4, 0.5) is 4.39 Å². The summed E-state index contributed by atoms with van der Waals surface area (Å²) in [6.45, 7) is 0.250. The molecule has 0 radical (unpaired) electrons. The van der Waals surface area contributed by atoms with Crippen LogP contribution in [-0.4, -0.2) is 42.5 Å². The summed E-state index contributed by atoms with van der Waals surface area (Å²) in [6, 6.07) is 13.3. The van der Waals surface area contributed by atoms with Gasteiger partial charge in [-0.05, 0) is 49.1 Å². The Labute approximate surface area is 187 Å². The molecule has 0 aromatic heterocycles. The summed E-state index contributed by atoms with van der Waals surface area (Å²) in [4.78, 5) is 27.6. The van der Waals surface area contributed by atoms with Crippen LogP contribution in [0.5, 0.6) is 5.75 Å². The molecule has 2 amide bonds. The van der Waals surface area contributed by atoms with E-state index in [1.807, 2.05) is 24.3 Å². The highest BCUT2D eigenvalue weighted by atomic mass is 19.1. The van der Waals surface area contributed by atoms with E-state index in [-0.39, 0.29) is 42.1 Å². The Bertz CT molecular complexity index is 1020. The standard InChI is InChI=1S/C25H27FN2O4/c1-31-21-11-4-2-8-18(21)15-27-24(29)16-28-20-10-3-5-12-22(20)32-23(25(28)30)14-17-7-6-9-19(26)13-17/h2,4,6-9,11,13-14,20,22H,3,5,10,12,15-16H2,1H3,(H,27,29)/b23-14+. The molecule has 1 aliphatic carbocycles. The van der Waals surface area contributed by atoms with Crippen molar-refractivity contribution in [3.05, 3.63) is 71.2 Å². The van der Waals surface area contributed by atoms with Gasteiger partial charge < -0.3 is 19.7 Å². The van der Waals surface area contributed by atoms with Gasteiger partial charge in [0.05, 0.1) is 13.2 Å². The Morgan fingerprint density at radius 1 is 1.22 bits per heavy atom. The number of para-hydroxylation sites is 1. The summed E-state index contributed by atoms with van der Waals surface area (Å²) < 4.78 is 24.9. The average Bonchev–Trinajstić information content (AvgIpc) is 2.80. The lowest BCUT2D eigenvalue weighted by Gasteiger charge is -2.44. The van der Waals surface area contributed by atoms with Crippen LogP contribution in [0.3, 0.4) is 0 Å². The number of halogens is 1. The van der Waals surface area contributed by atoms with E-state index in [0.29, 0.717) is 17.9 Å². The van der Waals surface area contributed by atoms with Gasteiger partial charge in [0.25, 0.3) is 5.91 Å². The van der Waals surface area contributed by atoms with Crippen LogP contribution in [-0.2, 0) is 20.9 Å². The molecular formula is C25H27FN2O4. The number of fused-ring (bicyclic) bond motifs is 1. The number of ether oxygens (including phenoxy) is 2. The van der Waals surface area contributed by atoms with E-state index in [2.05, 4.69) is 5.32 Å². The number of rotatable bonds is 6. The van der Waals surface area contributed by atoms with Gasteiger partial charge in [-0.3, -0.25) is 9.59 Å². The smallest absolute Gasteiger partial charge is 0.289 e. The fraction of sp³-hybridized carbons (Fsp3) is 0.360. The predicted octanol–water partition coefficient (Wildman–Crippen LogP) is 3.66. The van der Waals surface area contributed by atoms with Crippen LogP contribution in [0.2, 0.25) is 0 Å². The van der Waals surface area contributed by atoms with Crippen LogP contribution in [0, 0.1) is 5.82 Å². The largest absolute Gasteiger partial charge is 0.496 e. The van der Waals surface area contributed by atoms with Gasteiger partial charge in [-0.15, -0.1) is 0 Å². The van der Waals surface area contributed by atoms with E-state index in [1.165, 1.54) is 12.1 Å². The van der Waals surface area contributed by atoms with Crippen molar-refractivity contribution in [1.82, 2.24) is 10.2 Å². The van der Waals surface area contributed by atoms with Crippen LogP contribution in [0.15, 0.2) is 54.3 Å². The van der Waals surface area contributed by atoms with Gasteiger partial charge in [0.1, 0.15) is 24.2 Å². The first-order valence-electron chi connectivity index (χ1n) is 10.9. The Kier molecular flexibility index (Phi) is 6.73. The number of benzene rings is 2. The molecular weight excluding hydrogens is 411 g/mol. The number of carbonyl (C=O) groups is 2. The fourth-order valence-electron chi connectivity index (χ4n) is 4.36. The fourth-order valence-corrected chi connectivity index (χ4v) is 4.36. The van der Waals surface area contributed by atoms with Crippen molar-refractivity contribution >= 4 is 17.9 Å². The number of methoxy groups -OCH3 is 1. The second-order valence-corrected chi connectivity index (χ2v) is 8.09. The van der Waals surface area contributed by atoms with Gasteiger partial charge in [0.2, 0.25) is 5.91 Å². The lowest BCUT2D eigenvalue weighted by atomic mass is 9.89. The minimum absolute atomic E-state index is 0.0565. The molecule has 1 saturated carbocycles. The molecule has 4 rings (SSSR count). The highest BCUT2D eigenvalue weighted by Gasteiger charge is 2.42. The highest BCUT2D eigenvalue weighted by Crippen LogP contribution is 2.33. The SMILES string of the molecule is COc1ccccc1CNC(=O)CN1C(=O)/C(=C\c2cccc(F)c2)OC2CCCCC21. The Balaban J connectivity index is 1.49. The van der Waals surface area contributed by atoms with Crippen molar-refractivity contribution in [2.45, 2.75) is 44.4 Å². The third-order valence-corrected chi connectivity index (χ3v) is 5.95. The van der Waals surface area contributed by atoms with Crippen molar-refractivity contribution in [3.8, 4) is 5.75 Å². The van der Waals surface area contributed by atoms with Crippen LogP contribution in [0.1, 0.15) is 36.8 Å². The number of carbonyl (C=O) groups excluding carboxylic acids is 2. The number of amides is 2. The summed E-state index contributed by atoms with van der Waals surface area (Å²) in [5, 5.41) is 2.89. The topological polar surface area (TPSA) is 67.9 Å². The third kappa shape index (κ3) is 4.93. The van der Waals surface area contributed by atoms with E-state index < -0.39 is 0 Å².